The van der Waals surface area contributed by atoms with Gasteiger partial charge in [0.25, 0.3) is 0 Å². The second-order valence-corrected chi connectivity index (χ2v) is 7.88. The Morgan fingerprint density at radius 3 is 2.50 bits per heavy atom. The van der Waals surface area contributed by atoms with Crippen LogP contribution in [0.3, 0.4) is 0 Å². The Balaban J connectivity index is 1.69. The molecule has 1 N–H and O–H groups in total. The van der Waals surface area contributed by atoms with Gasteiger partial charge < -0.3 is 5.32 Å². The van der Waals surface area contributed by atoms with Crippen LogP contribution in [0, 0.1) is 11.2 Å². The number of amides is 1. The lowest BCUT2D eigenvalue weighted by Gasteiger charge is -2.32. The minimum atomic E-state index is -0.927. The zero-order valence-electron chi connectivity index (χ0n) is 13.2. The highest BCUT2D eigenvalue weighted by Gasteiger charge is 2.45. The molecule has 2 nitrogen and oxygen atoms in total. The van der Waals surface area contributed by atoms with Crippen LogP contribution < -0.4 is 5.32 Å². The molecule has 1 spiro atoms. The summed E-state index contributed by atoms with van der Waals surface area (Å²) in [5, 5.41) is 3.18. The van der Waals surface area contributed by atoms with Crippen molar-refractivity contribution in [1.82, 2.24) is 5.32 Å². The van der Waals surface area contributed by atoms with Crippen LogP contribution in [0.5, 0.6) is 0 Å². The Hall–Kier alpha value is -1.09. The maximum atomic E-state index is 14.2. The van der Waals surface area contributed by atoms with Crippen LogP contribution in [-0.4, -0.2) is 11.9 Å². The molecular weight excluding hydrogens is 301 g/mol. The molecular formula is C18H23ClFNO. The lowest BCUT2D eigenvalue weighted by atomic mass is 9.80. The van der Waals surface area contributed by atoms with Gasteiger partial charge >= 0.3 is 0 Å². The number of carbonyl (C=O) groups excluding carboxylic acids is 1. The van der Waals surface area contributed by atoms with Crippen LogP contribution in [0.1, 0.15) is 57.9 Å². The third-order valence-corrected chi connectivity index (χ3v) is 5.82. The van der Waals surface area contributed by atoms with Gasteiger partial charge in [-0.15, -0.1) is 0 Å². The van der Waals surface area contributed by atoms with Gasteiger partial charge in [-0.25, -0.2) is 4.39 Å². The number of benzene rings is 1. The zero-order valence-corrected chi connectivity index (χ0v) is 14.0. The molecule has 1 aromatic carbocycles. The van der Waals surface area contributed by atoms with Gasteiger partial charge in [0.2, 0.25) is 5.91 Å². The van der Waals surface area contributed by atoms with E-state index < -0.39 is 11.2 Å². The Morgan fingerprint density at radius 1 is 1.27 bits per heavy atom. The molecule has 0 radical (unpaired) electrons. The third-order valence-electron chi connectivity index (χ3n) is 5.53. The molecule has 120 valence electrons. The number of hydrogen-bond donors (Lipinski definition) is 1. The Bertz CT molecular complexity index is 585. The van der Waals surface area contributed by atoms with E-state index in [1.165, 1.54) is 31.7 Å². The molecule has 2 aliphatic rings. The van der Waals surface area contributed by atoms with E-state index in [2.05, 4.69) is 5.32 Å². The van der Waals surface area contributed by atoms with Gasteiger partial charge in [-0.3, -0.25) is 4.79 Å². The highest BCUT2D eigenvalue weighted by molar-refractivity contribution is 6.30. The fourth-order valence-electron chi connectivity index (χ4n) is 3.53. The van der Waals surface area contributed by atoms with Crippen molar-refractivity contribution in [3.63, 3.8) is 0 Å². The fourth-order valence-corrected chi connectivity index (χ4v) is 3.70. The van der Waals surface area contributed by atoms with Gasteiger partial charge in [0.15, 0.2) is 0 Å². The maximum absolute atomic E-state index is 14.2. The molecule has 3 rings (SSSR count). The van der Waals surface area contributed by atoms with Crippen LogP contribution in [0.4, 0.5) is 4.39 Å². The molecule has 0 bridgehead atoms. The highest BCUT2D eigenvalue weighted by Crippen LogP contribution is 2.56. The SMILES string of the molecule is CC(C)(C(=O)NC1CCC2(CC1)CC2)c1cccc(Cl)c1F. The predicted molar refractivity (Wildman–Crippen MR) is 86.5 cm³/mol. The number of rotatable bonds is 3. The van der Waals surface area contributed by atoms with E-state index in [-0.39, 0.29) is 17.0 Å². The van der Waals surface area contributed by atoms with Crippen molar-refractivity contribution in [3.8, 4) is 0 Å². The molecule has 1 amide bonds. The van der Waals surface area contributed by atoms with Crippen molar-refractivity contribution >= 4 is 17.5 Å². The second-order valence-electron chi connectivity index (χ2n) is 7.47. The predicted octanol–water partition coefficient (Wildman–Crippen LogP) is 4.60. The van der Waals surface area contributed by atoms with E-state index in [1.54, 1.807) is 26.0 Å². The Labute approximate surface area is 136 Å². The van der Waals surface area contributed by atoms with Gasteiger partial charge in [0, 0.05) is 11.6 Å². The van der Waals surface area contributed by atoms with Crippen molar-refractivity contribution in [3.05, 3.63) is 34.6 Å². The van der Waals surface area contributed by atoms with Gasteiger partial charge in [-0.05, 0) is 63.9 Å². The largest absolute Gasteiger partial charge is 0.353 e. The molecule has 0 atom stereocenters. The molecule has 0 aromatic heterocycles. The Morgan fingerprint density at radius 2 is 1.91 bits per heavy atom. The first-order chi connectivity index (χ1) is 10.3. The third kappa shape index (κ3) is 2.88. The van der Waals surface area contributed by atoms with Crippen LogP contribution in [-0.2, 0) is 10.2 Å². The van der Waals surface area contributed by atoms with Crippen molar-refractivity contribution in [1.29, 1.82) is 0 Å². The second kappa shape index (κ2) is 5.52. The summed E-state index contributed by atoms with van der Waals surface area (Å²) in [4.78, 5) is 12.7. The summed E-state index contributed by atoms with van der Waals surface area (Å²) < 4.78 is 14.2. The van der Waals surface area contributed by atoms with E-state index >= 15 is 0 Å². The fraction of sp³-hybridized carbons (Fsp3) is 0.611. The molecule has 2 aliphatic carbocycles. The summed E-state index contributed by atoms with van der Waals surface area (Å²) in [6, 6.07) is 5.05. The smallest absolute Gasteiger partial charge is 0.230 e. The van der Waals surface area contributed by atoms with Crippen molar-refractivity contribution in [2.45, 2.75) is 63.8 Å². The average molecular weight is 324 g/mol. The highest BCUT2D eigenvalue weighted by atomic mass is 35.5. The summed E-state index contributed by atoms with van der Waals surface area (Å²) in [7, 11) is 0. The molecule has 4 heteroatoms. The first-order valence-corrected chi connectivity index (χ1v) is 8.47. The summed E-state index contributed by atoms with van der Waals surface area (Å²) in [5.41, 5.74) is 0.0337. The quantitative estimate of drug-likeness (QED) is 0.865. The topological polar surface area (TPSA) is 29.1 Å². The van der Waals surface area contributed by atoms with E-state index in [0.29, 0.717) is 11.0 Å². The molecule has 0 unspecified atom stereocenters. The molecule has 0 saturated heterocycles. The molecule has 0 heterocycles. The van der Waals surface area contributed by atoms with Crippen molar-refractivity contribution in [2.24, 2.45) is 5.41 Å². The number of hydrogen-bond acceptors (Lipinski definition) is 1. The average Bonchev–Trinajstić information content (AvgIpc) is 3.24. The van der Waals surface area contributed by atoms with Gasteiger partial charge in [-0.2, -0.15) is 0 Å². The first kappa shape index (κ1) is 15.8. The summed E-state index contributed by atoms with van der Waals surface area (Å²) in [6.07, 6.45) is 7.22. The molecule has 2 fully saturated rings. The minimum absolute atomic E-state index is 0.0618. The summed E-state index contributed by atoms with van der Waals surface area (Å²) >= 11 is 5.85. The van der Waals surface area contributed by atoms with Gasteiger partial charge in [-0.1, -0.05) is 23.7 Å². The number of halogens is 2. The van der Waals surface area contributed by atoms with E-state index in [4.69, 9.17) is 11.6 Å². The van der Waals surface area contributed by atoms with Crippen LogP contribution in [0.2, 0.25) is 5.02 Å². The minimum Gasteiger partial charge on any atom is -0.353 e. The Kier molecular flexibility index (Phi) is 3.96. The lowest BCUT2D eigenvalue weighted by Crippen LogP contribution is -2.46. The summed E-state index contributed by atoms with van der Waals surface area (Å²) in [6.45, 7) is 3.50. The first-order valence-electron chi connectivity index (χ1n) is 8.10. The van der Waals surface area contributed by atoms with Crippen molar-refractivity contribution in [2.75, 3.05) is 0 Å². The molecule has 1 aromatic rings. The van der Waals surface area contributed by atoms with Crippen LogP contribution in [0.15, 0.2) is 18.2 Å². The van der Waals surface area contributed by atoms with E-state index in [1.807, 2.05) is 0 Å². The normalized spacial score (nSPS) is 20.9. The lowest BCUT2D eigenvalue weighted by molar-refractivity contribution is -0.126. The standard InChI is InChI=1S/C18H23ClFNO/c1-17(2,13-4-3-5-14(19)15(13)20)16(22)21-12-6-8-18(9-7-12)10-11-18/h3-5,12H,6-11H2,1-2H3,(H,21,22). The van der Waals surface area contributed by atoms with Gasteiger partial charge in [0.05, 0.1) is 10.4 Å². The molecule has 0 aliphatic heterocycles. The summed E-state index contributed by atoms with van der Waals surface area (Å²) in [5.74, 6) is -0.615. The van der Waals surface area contributed by atoms with Crippen LogP contribution >= 0.6 is 11.6 Å². The van der Waals surface area contributed by atoms with Crippen LogP contribution in [0.25, 0.3) is 0 Å². The number of carbonyl (C=O) groups is 1. The maximum Gasteiger partial charge on any atom is 0.230 e. The number of nitrogens with one attached hydrogen (secondary N) is 1. The van der Waals surface area contributed by atoms with Gasteiger partial charge in [0.1, 0.15) is 5.82 Å². The van der Waals surface area contributed by atoms with Crippen molar-refractivity contribution < 1.29 is 9.18 Å². The van der Waals surface area contributed by atoms with E-state index in [0.717, 1.165) is 12.8 Å². The molecule has 22 heavy (non-hydrogen) atoms. The monoisotopic (exact) mass is 323 g/mol. The van der Waals surface area contributed by atoms with E-state index in [9.17, 15) is 9.18 Å². The molecule has 2 saturated carbocycles. The zero-order chi connectivity index (χ0) is 16.0.